The smallest absolute Gasteiger partial charge is 0.253 e. The van der Waals surface area contributed by atoms with E-state index in [1.54, 1.807) is 0 Å². The summed E-state index contributed by atoms with van der Waals surface area (Å²) in [6.45, 7) is 9.01. The van der Waals surface area contributed by atoms with Crippen LogP contribution in [0.5, 0.6) is 0 Å². The zero-order valence-corrected chi connectivity index (χ0v) is 21.8. The minimum absolute atomic E-state index is 0.107. The van der Waals surface area contributed by atoms with E-state index in [0.29, 0.717) is 19.5 Å². The van der Waals surface area contributed by atoms with Crippen LogP contribution in [0.2, 0.25) is 5.02 Å². The molecule has 0 bridgehead atoms. The number of aromatic nitrogens is 2. The third-order valence-electron chi connectivity index (χ3n) is 6.77. The van der Waals surface area contributed by atoms with Gasteiger partial charge in [-0.05, 0) is 56.0 Å². The van der Waals surface area contributed by atoms with Gasteiger partial charge in [0.2, 0.25) is 0 Å². The van der Waals surface area contributed by atoms with Crippen molar-refractivity contribution < 1.29 is 4.79 Å². The summed E-state index contributed by atoms with van der Waals surface area (Å²) in [5.41, 5.74) is 5.22. The summed E-state index contributed by atoms with van der Waals surface area (Å²) in [7, 11) is 0. The molecule has 5 nitrogen and oxygen atoms in total. The molecular formula is C29H35ClN4O. The van der Waals surface area contributed by atoms with Gasteiger partial charge in [0, 0.05) is 54.4 Å². The Kier molecular flexibility index (Phi) is 8.40. The normalized spacial score (nSPS) is 13.8. The van der Waals surface area contributed by atoms with Gasteiger partial charge in [0.05, 0.1) is 0 Å². The Morgan fingerprint density at radius 1 is 0.943 bits per heavy atom. The standard InChI is InChI=1S/C29H35ClN4O/c1-4-5-6-9-23-12-14-24(15-13-23)29(35)34-18-16-33(17-19-34)28-26(21(2)31-22(3)32-28)20-25-10-7-8-11-27(25)30/h7-8,10-15H,4-6,9,16-20H2,1-3H3. The van der Waals surface area contributed by atoms with E-state index in [9.17, 15) is 4.79 Å². The molecular weight excluding hydrogens is 456 g/mol. The number of hydrogen-bond acceptors (Lipinski definition) is 4. The maximum atomic E-state index is 13.1. The Morgan fingerprint density at radius 3 is 2.34 bits per heavy atom. The van der Waals surface area contributed by atoms with Gasteiger partial charge in [-0.2, -0.15) is 0 Å². The van der Waals surface area contributed by atoms with Crippen molar-refractivity contribution in [2.24, 2.45) is 0 Å². The van der Waals surface area contributed by atoms with Crippen molar-refractivity contribution in [2.45, 2.75) is 52.9 Å². The molecule has 2 aromatic carbocycles. The molecule has 0 N–H and O–H groups in total. The number of carbonyl (C=O) groups is 1. The highest BCUT2D eigenvalue weighted by atomic mass is 35.5. The van der Waals surface area contributed by atoms with Gasteiger partial charge >= 0.3 is 0 Å². The van der Waals surface area contributed by atoms with Crippen LogP contribution in [0.3, 0.4) is 0 Å². The highest BCUT2D eigenvalue weighted by Gasteiger charge is 2.25. The molecule has 3 aromatic rings. The number of halogens is 1. The lowest BCUT2D eigenvalue weighted by molar-refractivity contribution is 0.0746. The number of nitrogens with zero attached hydrogens (tertiary/aromatic N) is 4. The van der Waals surface area contributed by atoms with Crippen LogP contribution in [0.1, 0.15) is 64.8 Å². The Morgan fingerprint density at radius 2 is 1.66 bits per heavy atom. The van der Waals surface area contributed by atoms with Crippen molar-refractivity contribution >= 4 is 23.3 Å². The molecule has 1 aromatic heterocycles. The predicted octanol–water partition coefficient (Wildman–Crippen LogP) is 6.03. The zero-order chi connectivity index (χ0) is 24.8. The van der Waals surface area contributed by atoms with Crippen molar-refractivity contribution in [1.29, 1.82) is 0 Å². The van der Waals surface area contributed by atoms with Crippen LogP contribution in [-0.4, -0.2) is 47.0 Å². The molecule has 35 heavy (non-hydrogen) atoms. The molecule has 2 heterocycles. The SMILES string of the molecule is CCCCCc1ccc(C(=O)N2CCN(c3nc(C)nc(C)c3Cc3ccccc3Cl)CC2)cc1. The van der Waals surface area contributed by atoms with Crippen molar-refractivity contribution in [3.63, 3.8) is 0 Å². The topological polar surface area (TPSA) is 49.3 Å². The number of unbranched alkanes of at least 4 members (excludes halogenated alkanes) is 2. The summed E-state index contributed by atoms with van der Waals surface area (Å²) in [5.74, 6) is 1.83. The number of aryl methyl sites for hydroxylation is 3. The average molecular weight is 491 g/mol. The molecule has 0 aliphatic carbocycles. The predicted molar refractivity (Wildman–Crippen MR) is 144 cm³/mol. The van der Waals surface area contributed by atoms with Crippen molar-refractivity contribution in [1.82, 2.24) is 14.9 Å². The lowest BCUT2D eigenvalue weighted by Crippen LogP contribution is -2.49. The van der Waals surface area contributed by atoms with Crippen molar-refractivity contribution in [3.05, 3.63) is 87.3 Å². The molecule has 4 rings (SSSR count). The number of benzene rings is 2. The summed E-state index contributed by atoms with van der Waals surface area (Å²) >= 11 is 6.45. The summed E-state index contributed by atoms with van der Waals surface area (Å²) in [5, 5.41) is 0.755. The molecule has 0 saturated carbocycles. The quantitative estimate of drug-likeness (QED) is 0.361. The van der Waals surface area contributed by atoms with Crippen LogP contribution in [0.25, 0.3) is 0 Å². The second-order valence-electron chi connectivity index (χ2n) is 9.36. The van der Waals surface area contributed by atoms with Gasteiger partial charge in [0.15, 0.2) is 0 Å². The molecule has 1 aliphatic rings. The van der Waals surface area contributed by atoms with Crippen LogP contribution in [-0.2, 0) is 12.8 Å². The third-order valence-corrected chi connectivity index (χ3v) is 7.13. The first-order valence-electron chi connectivity index (χ1n) is 12.7. The zero-order valence-electron chi connectivity index (χ0n) is 21.1. The van der Waals surface area contributed by atoms with Gasteiger partial charge in [0.25, 0.3) is 5.91 Å². The van der Waals surface area contributed by atoms with E-state index >= 15 is 0 Å². The first-order valence-corrected chi connectivity index (χ1v) is 13.0. The van der Waals surface area contributed by atoms with E-state index in [0.717, 1.165) is 58.6 Å². The van der Waals surface area contributed by atoms with E-state index in [-0.39, 0.29) is 5.91 Å². The molecule has 1 amide bonds. The number of amides is 1. The molecule has 184 valence electrons. The number of rotatable bonds is 8. The largest absolute Gasteiger partial charge is 0.353 e. The fraction of sp³-hybridized carbons (Fsp3) is 0.414. The van der Waals surface area contributed by atoms with Crippen molar-refractivity contribution in [2.75, 3.05) is 31.1 Å². The van der Waals surface area contributed by atoms with Gasteiger partial charge in [0.1, 0.15) is 11.6 Å². The molecule has 0 unspecified atom stereocenters. The minimum atomic E-state index is 0.107. The van der Waals surface area contributed by atoms with E-state index in [1.807, 2.05) is 49.1 Å². The molecule has 0 spiro atoms. The summed E-state index contributed by atoms with van der Waals surface area (Å²) in [6, 6.07) is 16.1. The van der Waals surface area contributed by atoms with Crippen LogP contribution < -0.4 is 4.90 Å². The molecule has 1 fully saturated rings. The van der Waals surface area contributed by atoms with Gasteiger partial charge < -0.3 is 9.80 Å². The number of carbonyl (C=O) groups excluding carboxylic acids is 1. The van der Waals surface area contributed by atoms with Crippen LogP contribution >= 0.6 is 11.6 Å². The number of piperazine rings is 1. The lowest BCUT2D eigenvalue weighted by Gasteiger charge is -2.36. The maximum absolute atomic E-state index is 13.1. The molecule has 6 heteroatoms. The van der Waals surface area contributed by atoms with E-state index in [4.69, 9.17) is 16.6 Å². The highest BCUT2D eigenvalue weighted by molar-refractivity contribution is 6.31. The Balaban J connectivity index is 1.44. The van der Waals surface area contributed by atoms with Gasteiger partial charge in [-0.15, -0.1) is 0 Å². The monoisotopic (exact) mass is 490 g/mol. The fourth-order valence-corrected chi connectivity index (χ4v) is 4.92. The second-order valence-corrected chi connectivity index (χ2v) is 9.77. The van der Waals surface area contributed by atoms with Gasteiger partial charge in [-0.3, -0.25) is 4.79 Å². The van der Waals surface area contributed by atoms with E-state index in [1.165, 1.54) is 24.8 Å². The third kappa shape index (κ3) is 6.21. The first-order chi connectivity index (χ1) is 17.0. The first kappa shape index (κ1) is 25.2. The lowest BCUT2D eigenvalue weighted by atomic mass is 10.0. The fourth-order valence-electron chi connectivity index (χ4n) is 4.72. The van der Waals surface area contributed by atoms with Gasteiger partial charge in [-0.1, -0.05) is 61.7 Å². The Bertz CT molecular complexity index is 1150. The molecule has 0 radical (unpaired) electrons. The molecule has 1 saturated heterocycles. The maximum Gasteiger partial charge on any atom is 0.253 e. The number of anilines is 1. The van der Waals surface area contributed by atoms with E-state index in [2.05, 4.69) is 35.0 Å². The van der Waals surface area contributed by atoms with Crippen LogP contribution in [0.15, 0.2) is 48.5 Å². The second kappa shape index (κ2) is 11.7. The van der Waals surface area contributed by atoms with E-state index < -0.39 is 0 Å². The summed E-state index contributed by atoms with van der Waals surface area (Å²) in [4.78, 5) is 26.8. The average Bonchev–Trinajstić information content (AvgIpc) is 2.87. The van der Waals surface area contributed by atoms with Gasteiger partial charge in [-0.25, -0.2) is 9.97 Å². The van der Waals surface area contributed by atoms with Crippen LogP contribution in [0, 0.1) is 13.8 Å². The Labute approximate surface area is 214 Å². The molecule has 0 atom stereocenters. The van der Waals surface area contributed by atoms with Crippen molar-refractivity contribution in [3.8, 4) is 0 Å². The Hall–Kier alpha value is -2.92. The number of hydrogen-bond donors (Lipinski definition) is 0. The summed E-state index contributed by atoms with van der Waals surface area (Å²) in [6.07, 6.45) is 5.43. The minimum Gasteiger partial charge on any atom is -0.353 e. The van der Waals surface area contributed by atoms with Crippen LogP contribution in [0.4, 0.5) is 5.82 Å². The molecule has 1 aliphatic heterocycles. The summed E-state index contributed by atoms with van der Waals surface area (Å²) < 4.78 is 0. The highest BCUT2D eigenvalue weighted by Crippen LogP contribution is 2.28.